The Morgan fingerprint density at radius 1 is 1.55 bits per heavy atom. The number of hydrogen-bond donors (Lipinski definition) is 2. The van der Waals surface area contributed by atoms with E-state index >= 15 is 0 Å². The van der Waals surface area contributed by atoms with Crippen LogP contribution in [-0.4, -0.2) is 28.3 Å². The fourth-order valence-corrected chi connectivity index (χ4v) is 1.70. The second-order valence-electron chi connectivity index (χ2n) is 4.67. The number of oxime groups is 1. The van der Waals surface area contributed by atoms with Crippen molar-refractivity contribution in [3.8, 4) is 5.75 Å². The molecule has 0 amide bonds. The summed E-state index contributed by atoms with van der Waals surface area (Å²) in [5, 5.41) is 11.4. The van der Waals surface area contributed by atoms with Crippen LogP contribution < -0.4 is 10.5 Å². The molecule has 1 aliphatic rings. The van der Waals surface area contributed by atoms with E-state index in [-0.39, 0.29) is 23.2 Å². The molecule has 1 heterocycles. The fourth-order valence-electron chi connectivity index (χ4n) is 1.70. The van der Waals surface area contributed by atoms with Crippen LogP contribution in [0, 0.1) is 0 Å². The van der Waals surface area contributed by atoms with E-state index in [1.165, 1.54) is 12.3 Å². The van der Waals surface area contributed by atoms with Gasteiger partial charge in [-0.1, -0.05) is 5.16 Å². The summed E-state index contributed by atoms with van der Waals surface area (Å²) < 4.78 is 42.7. The Hall–Kier alpha value is -1.99. The minimum absolute atomic E-state index is 0.0706. The Morgan fingerprint density at radius 2 is 2.20 bits per heavy atom. The number of amidine groups is 1. The third-order valence-electron chi connectivity index (χ3n) is 3.05. The maximum atomic E-state index is 12.6. The zero-order valence-corrected chi connectivity index (χ0v) is 10.7. The first-order valence-electron chi connectivity index (χ1n) is 6.04. The van der Waals surface area contributed by atoms with Gasteiger partial charge in [0.25, 0.3) is 0 Å². The Kier molecular flexibility index (Phi) is 3.74. The minimum atomic E-state index is -4.46. The van der Waals surface area contributed by atoms with E-state index in [2.05, 4.69) is 10.1 Å². The number of nitrogens with two attached hydrogens (primary N) is 1. The van der Waals surface area contributed by atoms with Crippen LogP contribution in [0.15, 0.2) is 17.4 Å². The second kappa shape index (κ2) is 5.18. The highest BCUT2D eigenvalue weighted by Gasteiger charge is 2.39. The molecule has 0 aliphatic heterocycles. The molecule has 1 aromatic heterocycles. The molecule has 0 radical (unpaired) electrons. The summed E-state index contributed by atoms with van der Waals surface area (Å²) in [6.45, 7) is 0.931. The molecule has 0 unspecified atom stereocenters. The van der Waals surface area contributed by atoms with Crippen molar-refractivity contribution in [3.05, 3.63) is 23.5 Å². The Morgan fingerprint density at radius 3 is 2.70 bits per heavy atom. The van der Waals surface area contributed by atoms with Crippen LogP contribution >= 0.6 is 0 Å². The SMILES string of the molecule is C[C@H](Oc1cc(/C(N)=N/O)ncc1C1CC1)C(F)(F)F. The lowest BCUT2D eigenvalue weighted by molar-refractivity contribution is -0.189. The van der Waals surface area contributed by atoms with Gasteiger partial charge in [-0.05, 0) is 25.7 Å². The lowest BCUT2D eigenvalue weighted by Gasteiger charge is -2.20. The highest BCUT2D eigenvalue weighted by atomic mass is 19.4. The van der Waals surface area contributed by atoms with Crippen LogP contribution in [0.4, 0.5) is 13.2 Å². The third-order valence-corrected chi connectivity index (χ3v) is 3.05. The zero-order chi connectivity index (χ0) is 14.9. The van der Waals surface area contributed by atoms with E-state index in [0.717, 1.165) is 19.8 Å². The highest BCUT2D eigenvalue weighted by Crippen LogP contribution is 2.44. The summed E-state index contributed by atoms with van der Waals surface area (Å²) in [4.78, 5) is 3.96. The van der Waals surface area contributed by atoms with Crippen molar-refractivity contribution in [1.82, 2.24) is 4.98 Å². The summed E-state index contributed by atoms with van der Waals surface area (Å²) in [5.41, 5.74) is 6.07. The van der Waals surface area contributed by atoms with Crippen LogP contribution in [0.3, 0.4) is 0 Å². The monoisotopic (exact) mass is 289 g/mol. The normalized spacial score (nSPS) is 17.9. The van der Waals surface area contributed by atoms with Gasteiger partial charge in [-0.15, -0.1) is 0 Å². The number of nitrogens with zero attached hydrogens (tertiary/aromatic N) is 2. The van der Waals surface area contributed by atoms with Crippen molar-refractivity contribution in [1.29, 1.82) is 0 Å². The van der Waals surface area contributed by atoms with E-state index in [0.29, 0.717) is 5.56 Å². The fraction of sp³-hybridized carbons (Fsp3) is 0.500. The second-order valence-corrected chi connectivity index (χ2v) is 4.67. The minimum Gasteiger partial charge on any atom is -0.481 e. The van der Waals surface area contributed by atoms with Crippen molar-refractivity contribution < 1.29 is 23.1 Å². The smallest absolute Gasteiger partial charge is 0.425 e. The molecule has 110 valence electrons. The van der Waals surface area contributed by atoms with Crippen LogP contribution in [0.25, 0.3) is 0 Å². The van der Waals surface area contributed by atoms with E-state index in [4.69, 9.17) is 15.7 Å². The largest absolute Gasteiger partial charge is 0.481 e. The molecule has 1 aliphatic carbocycles. The lowest BCUT2D eigenvalue weighted by atomic mass is 10.1. The van der Waals surface area contributed by atoms with E-state index < -0.39 is 12.3 Å². The molecule has 0 aromatic carbocycles. The van der Waals surface area contributed by atoms with Crippen LogP contribution in [0.5, 0.6) is 5.75 Å². The average molecular weight is 289 g/mol. The molecule has 1 fully saturated rings. The summed E-state index contributed by atoms with van der Waals surface area (Å²) in [6.07, 6.45) is -3.20. The van der Waals surface area contributed by atoms with Crippen LogP contribution in [0.1, 0.15) is 36.9 Å². The number of halogens is 3. The van der Waals surface area contributed by atoms with Gasteiger partial charge in [0.1, 0.15) is 11.4 Å². The average Bonchev–Trinajstić information content (AvgIpc) is 3.21. The Labute approximate surface area is 113 Å². The van der Waals surface area contributed by atoms with Gasteiger partial charge in [0.05, 0.1) is 0 Å². The number of hydrogen-bond acceptors (Lipinski definition) is 4. The van der Waals surface area contributed by atoms with Gasteiger partial charge < -0.3 is 15.7 Å². The molecule has 8 heteroatoms. The molecule has 1 aromatic rings. The summed E-state index contributed by atoms with van der Waals surface area (Å²) in [7, 11) is 0. The van der Waals surface area contributed by atoms with Crippen LogP contribution in [0.2, 0.25) is 0 Å². The maximum Gasteiger partial charge on any atom is 0.425 e. The summed E-state index contributed by atoms with van der Waals surface area (Å²) >= 11 is 0. The number of pyridine rings is 1. The van der Waals surface area contributed by atoms with Crippen molar-refractivity contribution in [2.45, 2.75) is 38.0 Å². The Bertz CT molecular complexity index is 527. The van der Waals surface area contributed by atoms with E-state index in [1.54, 1.807) is 0 Å². The number of alkyl halides is 3. The molecule has 2 rings (SSSR count). The van der Waals surface area contributed by atoms with Crippen LogP contribution in [-0.2, 0) is 0 Å². The predicted molar refractivity (Wildman–Crippen MR) is 64.9 cm³/mol. The number of aromatic nitrogens is 1. The number of rotatable bonds is 4. The van der Waals surface area contributed by atoms with Gasteiger partial charge in [-0.2, -0.15) is 13.2 Å². The number of ether oxygens (including phenoxy) is 1. The molecule has 3 N–H and O–H groups in total. The van der Waals surface area contributed by atoms with E-state index in [9.17, 15) is 13.2 Å². The predicted octanol–water partition coefficient (Wildman–Crippen LogP) is 2.38. The molecular formula is C12H14F3N3O2. The summed E-state index contributed by atoms with van der Waals surface area (Å²) in [5.74, 6) is -0.0370. The lowest BCUT2D eigenvalue weighted by Crippen LogP contribution is -2.31. The standard InChI is InChI=1S/C12H14F3N3O2/c1-6(12(13,14)15)20-10-4-9(11(16)18-19)17-5-8(10)7-2-3-7/h4-7,19H,2-3H2,1H3,(H2,16,18)/t6-/m0/s1. The molecule has 1 atom stereocenters. The van der Waals surface area contributed by atoms with Gasteiger partial charge >= 0.3 is 6.18 Å². The Balaban J connectivity index is 2.32. The molecule has 0 bridgehead atoms. The first kappa shape index (κ1) is 14.4. The van der Waals surface area contributed by atoms with Crippen molar-refractivity contribution in [2.75, 3.05) is 0 Å². The van der Waals surface area contributed by atoms with Gasteiger partial charge in [-0.25, -0.2) is 0 Å². The van der Waals surface area contributed by atoms with Gasteiger partial charge in [0.2, 0.25) is 0 Å². The van der Waals surface area contributed by atoms with Crippen molar-refractivity contribution in [2.24, 2.45) is 10.9 Å². The quantitative estimate of drug-likeness (QED) is 0.386. The van der Waals surface area contributed by atoms with E-state index in [1.807, 2.05) is 0 Å². The van der Waals surface area contributed by atoms with Crippen molar-refractivity contribution in [3.63, 3.8) is 0 Å². The molecule has 20 heavy (non-hydrogen) atoms. The first-order valence-corrected chi connectivity index (χ1v) is 6.04. The molecule has 0 spiro atoms. The molecule has 1 saturated carbocycles. The maximum absolute atomic E-state index is 12.6. The topological polar surface area (TPSA) is 80.7 Å². The summed E-state index contributed by atoms with van der Waals surface area (Å²) in [6, 6.07) is 1.27. The van der Waals surface area contributed by atoms with Gasteiger partial charge in [0, 0.05) is 17.8 Å². The zero-order valence-electron chi connectivity index (χ0n) is 10.7. The third kappa shape index (κ3) is 3.12. The molecule has 0 saturated heterocycles. The van der Waals surface area contributed by atoms with Crippen molar-refractivity contribution >= 4 is 5.84 Å². The highest BCUT2D eigenvalue weighted by molar-refractivity contribution is 5.95. The molecular weight excluding hydrogens is 275 g/mol. The molecule has 5 nitrogen and oxygen atoms in total. The van der Waals surface area contributed by atoms with Gasteiger partial charge in [0.15, 0.2) is 11.9 Å². The van der Waals surface area contributed by atoms with Gasteiger partial charge in [-0.3, -0.25) is 4.98 Å². The first-order chi connectivity index (χ1) is 9.32.